The number of imide groups is 1. The van der Waals surface area contributed by atoms with Crippen molar-refractivity contribution < 1.29 is 23.7 Å². The summed E-state index contributed by atoms with van der Waals surface area (Å²) in [6.07, 6.45) is 4.02. The lowest BCUT2D eigenvalue weighted by atomic mass is 9.99. The van der Waals surface area contributed by atoms with Crippen LogP contribution < -0.4 is 16.8 Å². The quantitative estimate of drug-likeness (QED) is 0.345. The van der Waals surface area contributed by atoms with Crippen LogP contribution in [0.25, 0.3) is 0 Å². The Morgan fingerprint density at radius 2 is 2.12 bits per heavy atom. The van der Waals surface area contributed by atoms with Crippen LogP contribution in [0.1, 0.15) is 25.0 Å². The minimum Gasteiger partial charge on any atom is -0.364 e. The number of quaternary nitrogens is 1. The average Bonchev–Trinajstić information content (AvgIpc) is 3.20. The van der Waals surface area contributed by atoms with Gasteiger partial charge in [0.15, 0.2) is 12.1 Å². The molecule has 0 saturated carbocycles. The summed E-state index contributed by atoms with van der Waals surface area (Å²) in [4.78, 5) is 56.0. The van der Waals surface area contributed by atoms with Gasteiger partial charge in [0.25, 0.3) is 5.91 Å². The SMILES string of the molecule is NC(=O)[C@@H]1CCC[N+]1(C(=O)[C@@H](N)Cc1cnc[nH]1)C(=O)[C@H]1CC(=O)N1. The highest BCUT2D eigenvalue weighted by atomic mass is 16.2. The molecule has 1 unspecified atom stereocenters. The van der Waals surface area contributed by atoms with E-state index in [4.69, 9.17) is 11.5 Å². The van der Waals surface area contributed by atoms with Gasteiger partial charge in [-0.25, -0.2) is 14.6 Å². The van der Waals surface area contributed by atoms with E-state index in [0.717, 1.165) is 0 Å². The van der Waals surface area contributed by atoms with Gasteiger partial charge in [-0.1, -0.05) is 0 Å². The van der Waals surface area contributed by atoms with E-state index in [1.54, 1.807) is 6.20 Å². The Balaban J connectivity index is 1.90. The number of carbonyl (C=O) groups excluding carboxylic acids is 4. The molecule has 2 fully saturated rings. The summed E-state index contributed by atoms with van der Waals surface area (Å²) in [5, 5.41) is 2.48. The predicted octanol–water partition coefficient (Wildman–Crippen LogP) is -2.31. The zero-order valence-corrected chi connectivity index (χ0v) is 13.6. The number of nitrogens with zero attached hydrogens (tertiary/aromatic N) is 2. The van der Waals surface area contributed by atoms with Gasteiger partial charge in [-0.2, -0.15) is 4.48 Å². The van der Waals surface area contributed by atoms with E-state index in [0.29, 0.717) is 18.5 Å². The Morgan fingerprint density at radius 3 is 2.68 bits per heavy atom. The van der Waals surface area contributed by atoms with Crippen LogP contribution in [0, 0.1) is 0 Å². The van der Waals surface area contributed by atoms with Crippen LogP contribution in [0.4, 0.5) is 0 Å². The fourth-order valence-electron chi connectivity index (χ4n) is 3.71. The summed E-state index contributed by atoms with van der Waals surface area (Å²) in [6.45, 7) is 0.161. The van der Waals surface area contributed by atoms with Gasteiger partial charge in [0.05, 0.1) is 19.3 Å². The van der Waals surface area contributed by atoms with Crippen molar-refractivity contribution in [3.05, 3.63) is 18.2 Å². The zero-order valence-electron chi connectivity index (χ0n) is 13.6. The molecular weight excluding hydrogens is 328 g/mol. The standard InChI is InChI=1S/C15H20N6O4/c16-9(4-8-6-18-7-19-8)14(24)21(3-1-2-11(21)13(17)23)15(25)10-5-12(22)20-10/h6-7,9-11H,1-5,16H2,(H3-,17,18,19,20,22,23)/p+1/t9-,10+,11-,21?/m0/s1. The van der Waals surface area contributed by atoms with Crippen molar-refractivity contribution >= 4 is 23.6 Å². The van der Waals surface area contributed by atoms with Crippen molar-refractivity contribution in [1.29, 1.82) is 0 Å². The second kappa shape index (κ2) is 6.37. The lowest BCUT2D eigenvalue weighted by molar-refractivity contribution is -0.783. The van der Waals surface area contributed by atoms with Crippen LogP contribution in [0.5, 0.6) is 0 Å². The Hall–Kier alpha value is -2.59. The predicted molar refractivity (Wildman–Crippen MR) is 84.2 cm³/mol. The third-order valence-electron chi connectivity index (χ3n) is 4.97. The number of rotatable bonds is 5. The number of amides is 4. The van der Waals surface area contributed by atoms with Gasteiger partial charge in [0, 0.05) is 31.2 Å². The molecule has 1 aromatic rings. The van der Waals surface area contributed by atoms with Gasteiger partial charge in [-0.15, -0.1) is 0 Å². The van der Waals surface area contributed by atoms with Gasteiger partial charge < -0.3 is 21.8 Å². The maximum Gasteiger partial charge on any atom is 0.344 e. The first-order valence-corrected chi connectivity index (χ1v) is 8.14. The number of aromatic nitrogens is 2. The van der Waals surface area contributed by atoms with E-state index in [9.17, 15) is 19.2 Å². The van der Waals surface area contributed by atoms with Gasteiger partial charge in [0.1, 0.15) is 6.04 Å². The van der Waals surface area contributed by atoms with Gasteiger partial charge in [0.2, 0.25) is 5.91 Å². The number of likely N-dealkylation sites (tertiary alicyclic amines) is 1. The summed E-state index contributed by atoms with van der Waals surface area (Å²) in [5.41, 5.74) is 12.2. The Kier molecular flexibility index (Phi) is 4.39. The van der Waals surface area contributed by atoms with Crippen LogP contribution in [0.3, 0.4) is 0 Å². The molecule has 4 amide bonds. The molecule has 3 rings (SSSR count). The Bertz CT molecular complexity index is 710. The number of imidazole rings is 1. The lowest BCUT2D eigenvalue weighted by Gasteiger charge is -2.39. The number of hydrogen-bond acceptors (Lipinski definition) is 6. The third kappa shape index (κ3) is 2.83. The zero-order chi connectivity index (χ0) is 18.2. The fraction of sp³-hybridized carbons (Fsp3) is 0.533. The van der Waals surface area contributed by atoms with Gasteiger partial charge in [-0.3, -0.25) is 9.59 Å². The van der Waals surface area contributed by atoms with Gasteiger partial charge in [-0.05, 0) is 0 Å². The number of H-pyrrole nitrogens is 1. The fourth-order valence-corrected chi connectivity index (χ4v) is 3.71. The number of aromatic amines is 1. The molecule has 0 aliphatic carbocycles. The minimum atomic E-state index is -1.000. The third-order valence-corrected chi connectivity index (χ3v) is 4.97. The van der Waals surface area contributed by atoms with Crippen molar-refractivity contribution in [2.75, 3.05) is 6.54 Å². The second-order valence-corrected chi connectivity index (χ2v) is 6.54. The lowest BCUT2D eigenvalue weighted by Crippen LogP contribution is -2.73. The minimum absolute atomic E-state index is 0.00732. The molecule has 134 valence electrons. The van der Waals surface area contributed by atoms with E-state index >= 15 is 0 Å². The van der Waals surface area contributed by atoms with E-state index in [1.807, 2.05) is 0 Å². The maximum absolute atomic E-state index is 13.1. The molecule has 0 aromatic carbocycles. The number of primary amides is 1. The highest BCUT2D eigenvalue weighted by Crippen LogP contribution is 2.31. The Labute approximate surface area is 143 Å². The maximum atomic E-state index is 13.1. The molecule has 10 heteroatoms. The van der Waals surface area contributed by atoms with Gasteiger partial charge >= 0.3 is 11.8 Å². The molecule has 10 nitrogen and oxygen atoms in total. The van der Waals surface area contributed by atoms with Crippen LogP contribution in [-0.4, -0.2) is 62.7 Å². The summed E-state index contributed by atoms with van der Waals surface area (Å²) in [6, 6.07) is -2.73. The summed E-state index contributed by atoms with van der Waals surface area (Å²) >= 11 is 0. The molecular formula is C15H21N6O4+. The van der Waals surface area contributed by atoms with Crippen molar-refractivity contribution in [2.24, 2.45) is 11.5 Å². The number of nitrogens with two attached hydrogens (primary N) is 2. The molecule has 2 saturated heterocycles. The Morgan fingerprint density at radius 1 is 1.40 bits per heavy atom. The molecule has 2 aliphatic rings. The van der Waals surface area contributed by atoms with E-state index in [2.05, 4.69) is 15.3 Å². The second-order valence-electron chi connectivity index (χ2n) is 6.54. The summed E-state index contributed by atoms with van der Waals surface area (Å²) in [5.74, 6) is -2.04. The first-order valence-electron chi connectivity index (χ1n) is 8.14. The molecule has 1 aromatic heterocycles. The smallest absolute Gasteiger partial charge is 0.344 e. The monoisotopic (exact) mass is 349 g/mol. The summed E-state index contributed by atoms with van der Waals surface area (Å²) in [7, 11) is 0. The van der Waals surface area contributed by atoms with Crippen molar-refractivity contribution in [2.45, 2.75) is 43.8 Å². The highest BCUT2D eigenvalue weighted by Gasteiger charge is 2.60. The van der Waals surface area contributed by atoms with Crippen LogP contribution >= 0.6 is 0 Å². The molecule has 0 bridgehead atoms. The van der Waals surface area contributed by atoms with E-state index < -0.39 is 40.3 Å². The highest BCUT2D eigenvalue weighted by molar-refractivity contribution is 6.00. The van der Waals surface area contributed by atoms with Crippen molar-refractivity contribution in [3.63, 3.8) is 0 Å². The molecule has 6 N–H and O–H groups in total. The molecule has 2 aliphatic heterocycles. The molecule has 25 heavy (non-hydrogen) atoms. The van der Waals surface area contributed by atoms with E-state index in [-0.39, 0.29) is 25.3 Å². The summed E-state index contributed by atoms with van der Waals surface area (Å²) < 4.78 is -0.713. The number of carbonyl (C=O) groups is 4. The van der Waals surface area contributed by atoms with Crippen molar-refractivity contribution in [3.8, 4) is 0 Å². The number of hydrogen-bond donors (Lipinski definition) is 4. The molecule has 4 atom stereocenters. The number of nitrogens with one attached hydrogen (secondary N) is 2. The first-order chi connectivity index (χ1) is 11.9. The molecule has 0 spiro atoms. The number of β-lactam (4-membered cyclic amide) rings is 1. The first kappa shape index (κ1) is 17.2. The van der Waals surface area contributed by atoms with Crippen LogP contribution in [0.2, 0.25) is 0 Å². The molecule has 3 heterocycles. The molecule has 0 radical (unpaired) electrons. The van der Waals surface area contributed by atoms with E-state index in [1.165, 1.54) is 6.33 Å². The van der Waals surface area contributed by atoms with Crippen molar-refractivity contribution in [1.82, 2.24) is 15.3 Å². The largest absolute Gasteiger partial charge is 0.364 e. The topological polar surface area (TPSA) is 161 Å². The van der Waals surface area contributed by atoms with Crippen LogP contribution in [-0.2, 0) is 25.6 Å². The normalized spacial score (nSPS) is 29.6. The van der Waals surface area contributed by atoms with Crippen LogP contribution in [0.15, 0.2) is 12.5 Å². The average molecular weight is 349 g/mol.